The lowest BCUT2D eigenvalue weighted by Crippen LogP contribution is -1.91. The molecule has 3 rings (SSSR count). The smallest absolute Gasteiger partial charge is 0.0712 e. The van der Waals surface area contributed by atoms with Crippen molar-refractivity contribution >= 4 is 15.9 Å². The lowest BCUT2D eigenvalue weighted by Gasteiger charge is -2.08. The molecule has 0 saturated carbocycles. The molecule has 3 aromatic rings. The van der Waals surface area contributed by atoms with Crippen molar-refractivity contribution in [2.45, 2.75) is 5.33 Å². The van der Waals surface area contributed by atoms with Gasteiger partial charge in [-0.05, 0) is 17.7 Å². The van der Waals surface area contributed by atoms with E-state index in [2.05, 4.69) is 52.3 Å². The van der Waals surface area contributed by atoms with Gasteiger partial charge in [0.05, 0.1) is 11.4 Å². The molecule has 0 fully saturated rings. The van der Waals surface area contributed by atoms with Crippen molar-refractivity contribution < 1.29 is 0 Å². The predicted octanol–water partition coefficient (Wildman–Crippen LogP) is 5.31. The molecule has 1 heterocycles. The molecule has 0 aliphatic heterocycles. The Morgan fingerprint density at radius 2 is 1.15 bits per heavy atom. The van der Waals surface area contributed by atoms with Crippen molar-refractivity contribution in [2.75, 3.05) is 0 Å². The third-order valence-corrected chi connectivity index (χ3v) is 3.83. The Morgan fingerprint density at radius 3 is 1.55 bits per heavy atom. The number of hydrogen-bond donors (Lipinski definition) is 0. The first kappa shape index (κ1) is 13.1. The summed E-state index contributed by atoms with van der Waals surface area (Å²) in [5.74, 6) is 0. The molecule has 0 saturated heterocycles. The van der Waals surface area contributed by atoms with E-state index in [1.165, 1.54) is 5.56 Å². The summed E-state index contributed by atoms with van der Waals surface area (Å²) in [5.41, 5.74) is 5.56. The van der Waals surface area contributed by atoms with Gasteiger partial charge in [0.25, 0.3) is 0 Å². The van der Waals surface area contributed by atoms with Crippen molar-refractivity contribution in [3.05, 3.63) is 78.4 Å². The zero-order valence-electron chi connectivity index (χ0n) is 11.0. The second-order valence-corrected chi connectivity index (χ2v) is 5.17. The van der Waals surface area contributed by atoms with Crippen molar-refractivity contribution in [2.24, 2.45) is 0 Å². The van der Waals surface area contributed by atoms with E-state index >= 15 is 0 Å². The van der Waals surface area contributed by atoms with Crippen LogP contribution in [0.4, 0.5) is 0 Å². The van der Waals surface area contributed by atoms with Crippen LogP contribution in [0.5, 0.6) is 0 Å². The fourth-order valence-electron chi connectivity index (χ4n) is 2.18. The minimum atomic E-state index is 0.829. The Balaban J connectivity index is 2.13. The summed E-state index contributed by atoms with van der Waals surface area (Å²) in [6.07, 6.45) is 0. The summed E-state index contributed by atoms with van der Waals surface area (Å²) in [6, 6.07) is 24.9. The topological polar surface area (TPSA) is 12.9 Å². The molecule has 0 N–H and O–H groups in total. The average Bonchev–Trinajstić information content (AvgIpc) is 2.56. The third kappa shape index (κ3) is 2.81. The highest BCUT2D eigenvalue weighted by atomic mass is 79.9. The Labute approximate surface area is 127 Å². The lowest BCUT2D eigenvalue weighted by atomic mass is 10.1. The van der Waals surface area contributed by atoms with Crippen LogP contribution < -0.4 is 0 Å². The summed E-state index contributed by atoms with van der Waals surface area (Å²) in [5, 5.41) is 0.829. The average molecular weight is 324 g/mol. The first-order chi connectivity index (χ1) is 9.86. The van der Waals surface area contributed by atoms with E-state index < -0.39 is 0 Å². The van der Waals surface area contributed by atoms with Gasteiger partial charge in [0.2, 0.25) is 0 Å². The van der Waals surface area contributed by atoms with Crippen LogP contribution in [0.3, 0.4) is 0 Å². The zero-order valence-corrected chi connectivity index (χ0v) is 12.5. The molecular formula is C18H14BrN. The minimum absolute atomic E-state index is 0.829. The van der Waals surface area contributed by atoms with E-state index in [1.54, 1.807) is 0 Å². The summed E-state index contributed by atoms with van der Waals surface area (Å²) in [4.78, 5) is 4.80. The maximum absolute atomic E-state index is 4.80. The largest absolute Gasteiger partial charge is 0.248 e. The predicted molar refractivity (Wildman–Crippen MR) is 87.7 cm³/mol. The Hall–Kier alpha value is -1.93. The molecule has 0 bridgehead atoms. The van der Waals surface area contributed by atoms with Gasteiger partial charge in [-0.1, -0.05) is 76.6 Å². The number of halogens is 1. The maximum Gasteiger partial charge on any atom is 0.0712 e. The van der Waals surface area contributed by atoms with E-state index in [-0.39, 0.29) is 0 Å². The Kier molecular flexibility index (Phi) is 3.93. The van der Waals surface area contributed by atoms with Crippen molar-refractivity contribution in [3.63, 3.8) is 0 Å². The quantitative estimate of drug-likeness (QED) is 0.595. The van der Waals surface area contributed by atoms with Crippen molar-refractivity contribution in [3.8, 4) is 22.5 Å². The van der Waals surface area contributed by atoms with Gasteiger partial charge in [0.15, 0.2) is 0 Å². The number of hydrogen-bond acceptors (Lipinski definition) is 1. The third-order valence-electron chi connectivity index (χ3n) is 3.18. The molecule has 2 heteroatoms. The summed E-state index contributed by atoms with van der Waals surface area (Å²) in [7, 11) is 0. The molecule has 0 aliphatic carbocycles. The highest BCUT2D eigenvalue weighted by Gasteiger charge is 2.06. The minimum Gasteiger partial charge on any atom is -0.248 e. The number of benzene rings is 2. The summed E-state index contributed by atoms with van der Waals surface area (Å²) in [6.45, 7) is 0. The molecule has 0 aliphatic rings. The first-order valence-corrected chi connectivity index (χ1v) is 7.67. The Bertz CT molecular complexity index is 635. The van der Waals surface area contributed by atoms with Gasteiger partial charge >= 0.3 is 0 Å². The molecule has 0 spiro atoms. The molecule has 20 heavy (non-hydrogen) atoms. The maximum atomic E-state index is 4.80. The van der Waals surface area contributed by atoms with E-state index in [0.29, 0.717) is 0 Å². The SMILES string of the molecule is BrCc1cc(-c2ccccc2)nc(-c2ccccc2)c1. The van der Waals surface area contributed by atoms with Gasteiger partial charge in [0, 0.05) is 16.5 Å². The van der Waals surface area contributed by atoms with Crippen LogP contribution in [-0.2, 0) is 5.33 Å². The second kappa shape index (κ2) is 6.02. The van der Waals surface area contributed by atoms with Crippen molar-refractivity contribution in [1.82, 2.24) is 4.98 Å². The van der Waals surface area contributed by atoms with E-state index in [4.69, 9.17) is 4.98 Å². The number of alkyl halides is 1. The molecular weight excluding hydrogens is 310 g/mol. The van der Waals surface area contributed by atoms with Gasteiger partial charge in [-0.15, -0.1) is 0 Å². The van der Waals surface area contributed by atoms with E-state index in [0.717, 1.165) is 27.8 Å². The lowest BCUT2D eigenvalue weighted by molar-refractivity contribution is 1.28. The van der Waals surface area contributed by atoms with Crippen molar-refractivity contribution in [1.29, 1.82) is 0 Å². The molecule has 2 aromatic carbocycles. The second-order valence-electron chi connectivity index (χ2n) is 4.61. The van der Waals surface area contributed by atoms with Crippen LogP contribution in [0.15, 0.2) is 72.8 Å². The van der Waals surface area contributed by atoms with Crippen LogP contribution in [0.25, 0.3) is 22.5 Å². The van der Waals surface area contributed by atoms with E-state index in [9.17, 15) is 0 Å². The monoisotopic (exact) mass is 323 g/mol. The summed E-state index contributed by atoms with van der Waals surface area (Å²) < 4.78 is 0. The van der Waals surface area contributed by atoms with Crippen LogP contribution in [0.1, 0.15) is 5.56 Å². The highest BCUT2D eigenvalue weighted by Crippen LogP contribution is 2.25. The van der Waals surface area contributed by atoms with Crippen LogP contribution in [-0.4, -0.2) is 4.98 Å². The number of nitrogens with zero attached hydrogens (tertiary/aromatic N) is 1. The van der Waals surface area contributed by atoms with E-state index in [1.807, 2.05) is 36.4 Å². The molecule has 0 unspecified atom stereocenters. The Morgan fingerprint density at radius 1 is 0.700 bits per heavy atom. The van der Waals surface area contributed by atoms with Crippen LogP contribution in [0, 0.1) is 0 Å². The number of aromatic nitrogens is 1. The molecule has 0 radical (unpaired) electrons. The van der Waals surface area contributed by atoms with Gasteiger partial charge in [-0.25, -0.2) is 4.98 Å². The van der Waals surface area contributed by atoms with Gasteiger partial charge in [-0.2, -0.15) is 0 Å². The molecule has 1 nitrogen and oxygen atoms in total. The first-order valence-electron chi connectivity index (χ1n) is 6.54. The van der Waals surface area contributed by atoms with Gasteiger partial charge in [0.1, 0.15) is 0 Å². The molecule has 1 aromatic heterocycles. The number of rotatable bonds is 3. The fourth-order valence-corrected chi connectivity index (χ4v) is 2.50. The van der Waals surface area contributed by atoms with Crippen LogP contribution in [0.2, 0.25) is 0 Å². The zero-order chi connectivity index (χ0) is 13.8. The van der Waals surface area contributed by atoms with Gasteiger partial charge < -0.3 is 0 Å². The number of pyridine rings is 1. The van der Waals surface area contributed by atoms with Crippen LogP contribution >= 0.6 is 15.9 Å². The summed E-state index contributed by atoms with van der Waals surface area (Å²) >= 11 is 3.54. The molecule has 0 amide bonds. The standard InChI is InChI=1S/C18H14BrN/c19-13-14-11-17(15-7-3-1-4-8-15)20-18(12-14)16-9-5-2-6-10-16/h1-12H,13H2. The normalized spacial score (nSPS) is 10.4. The molecule has 98 valence electrons. The highest BCUT2D eigenvalue weighted by molar-refractivity contribution is 9.08. The van der Waals surface area contributed by atoms with Gasteiger partial charge in [-0.3, -0.25) is 0 Å². The molecule has 0 atom stereocenters. The fraction of sp³-hybridized carbons (Fsp3) is 0.0556.